The molecule has 4 aromatic rings. The van der Waals surface area contributed by atoms with E-state index < -0.39 is 46.6 Å². The number of halogens is 8. The van der Waals surface area contributed by atoms with Crippen molar-refractivity contribution in [2.24, 2.45) is 5.92 Å². The maximum absolute atomic E-state index is 15.3. The highest BCUT2D eigenvalue weighted by atomic mass is 19.4. The summed E-state index contributed by atoms with van der Waals surface area (Å²) in [4.78, 5) is 0. The second-order valence-corrected chi connectivity index (χ2v) is 12.0. The Morgan fingerprint density at radius 1 is 0.652 bits per heavy atom. The van der Waals surface area contributed by atoms with Crippen LogP contribution in [0.5, 0.6) is 5.75 Å². The molecule has 1 fully saturated rings. The molecule has 0 heterocycles. The van der Waals surface area contributed by atoms with Crippen LogP contribution in [0.3, 0.4) is 0 Å². The average Bonchev–Trinajstić information content (AvgIpc) is 3.01. The van der Waals surface area contributed by atoms with Crippen molar-refractivity contribution in [1.29, 1.82) is 0 Å². The summed E-state index contributed by atoms with van der Waals surface area (Å²) in [5.74, 6) is -2.27. The molecule has 5 rings (SSSR count). The van der Waals surface area contributed by atoms with E-state index in [1.165, 1.54) is 43.9 Å². The molecule has 1 aliphatic carbocycles. The Morgan fingerprint density at radius 3 is 1.80 bits per heavy atom. The number of benzene rings is 4. The van der Waals surface area contributed by atoms with Crippen molar-refractivity contribution in [3.63, 3.8) is 0 Å². The van der Waals surface area contributed by atoms with E-state index in [1.54, 1.807) is 6.07 Å². The zero-order valence-corrected chi connectivity index (χ0v) is 25.2. The molecule has 0 unspecified atom stereocenters. The molecule has 0 bridgehead atoms. The van der Waals surface area contributed by atoms with Gasteiger partial charge in [0.1, 0.15) is 23.2 Å². The van der Waals surface area contributed by atoms with Crippen molar-refractivity contribution in [3.05, 3.63) is 113 Å². The summed E-state index contributed by atoms with van der Waals surface area (Å²) in [5.41, 5.74) is -0.953. The van der Waals surface area contributed by atoms with Crippen LogP contribution in [0, 0.1) is 23.4 Å². The Kier molecular flexibility index (Phi) is 10.1. The summed E-state index contributed by atoms with van der Waals surface area (Å²) in [6.07, 6.45) is 0.362. The number of unbranched alkanes of at least 4 members (excludes halogenated alkanes) is 2. The molecule has 0 N–H and O–H groups in total. The molecule has 0 aromatic heterocycles. The van der Waals surface area contributed by atoms with E-state index in [1.807, 2.05) is 6.07 Å². The molecule has 0 spiro atoms. The molecule has 0 amide bonds. The second-order valence-electron chi connectivity index (χ2n) is 12.0. The monoisotopic (exact) mass is 646 g/mol. The van der Waals surface area contributed by atoms with E-state index in [0.29, 0.717) is 30.3 Å². The summed E-state index contributed by atoms with van der Waals surface area (Å²) >= 11 is 0. The highest BCUT2D eigenvalue weighted by Crippen LogP contribution is 2.40. The molecule has 0 saturated heterocycles. The maximum Gasteiger partial charge on any atom is 0.429 e. The third kappa shape index (κ3) is 7.73. The van der Waals surface area contributed by atoms with Crippen LogP contribution in [0.15, 0.2) is 78.9 Å². The van der Waals surface area contributed by atoms with Crippen molar-refractivity contribution in [1.82, 2.24) is 0 Å². The minimum absolute atomic E-state index is 0.0447. The van der Waals surface area contributed by atoms with E-state index in [-0.39, 0.29) is 28.2 Å². The normalized spacial score (nSPS) is 17.2. The number of hydrogen-bond donors (Lipinski definition) is 0. The summed E-state index contributed by atoms with van der Waals surface area (Å²) in [5, 5.41) is 0. The second kappa shape index (κ2) is 13.9. The first-order valence-electron chi connectivity index (χ1n) is 15.5. The molecule has 9 heteroatoms. The largest absolute Gasteiger partial charge is 0.429 e. The summed E-state index contributed by atoms with van der Waals surface area (Å²) in [6.45, 7) is 2.20. The van der Waals surface area contributed by atoms with E-state index in [4.69, 9.17) is 0 Å². The Hall–Kier alpha value is -3.88. The number of ether oxygens (including phenoxy) is 1. The smallest absolute Gasteiger partial charge is 0.429 e. The van der Waals surface area contributed by atoms with Crippen molar-refractivity contribution >= 4 is 0 Å². The van der Waals surface area contributed by atoms with E-state index in [9.17, 15) is 26.3 Å². The summed E-state index contributed by atoms with van der Waals surface area (Å²) in [7, 11) is 0. The van der Waals surface area contributed by atoms with Gasteiger partial charge in [-0.3, -0.25) is 0 Å². The van der Waals surface area contributed by atoms with Crippen molar-refractivity contribution < 1.29 is 39.9 Å². The zero-order chi connectivity index (χ0) is 33.1. The van der Waals surface area contributed by atoms with Crippen LogP contribution >= 0.6 is 0 Å². The van der Waals surface area contributed by atoms with Crippen LogP contribution in [0.25, 0.3) is 22.3 Å². The summed E-state index contributed by atoms with van der Waals surface area (Å²) < 4.78 is 118. The summed E-state index contributed by atoms with van der Waals surface area (Å²) in [6, 6.07) is 14.0. The molecular weight excluding hydrogens is 612 g/mol. The molecule has 0 radical (unpaired) electrons. The van der Waals surface area contributed by atoms with Gasteiger partial charge >= 0.3 is 12.3 Å². The van der Waals surface area contributed by atoms with Gasteiger partial charge in [0, 0.05) is 11.1 Å². The highest BCUT2D eigenvalue weighted by molar-refractivity contribution is 5.72. The molecule has 1 nitrogen and oxygen atoms in total. The van der Waals surface area contributed by atoms with Crippen LogP contribution in [0.1, 0.15) is 80.9 Å². The predicted molar refractivity (Wildman–Crippen MR) is 162 cm³/mol. The van der Waals surface area contributed by atoms with Gasteiger partial charge in [0.2, 0.25) is 0 Å². The minimum Gasteiger partial charge on any atom is -0.429 e. The van der Waals surface area contributed by atoms with Crippen LogP contribution in [-0.4, -0.2) is 0 Å². The molecule has 0 aliphatic heterocycles. The average molecular weight is 647 g/mol. The standard InChI is InChI=1S/C37H34F8O/c1-2-3-4-5-23-6-8-24(9-7-23)25-10-17-30(33(38)20-25)26-11-18-31(34(39)21-26)27-12-19-32(35(40)22-27)37(44,45)46-29-15-13-28(14-16-29)36(41,42)43/h10-24H,2-9H2,1H3. The maximum atomic E-state index is 15.3. The van der Waals surface area contributed by atoms with Gasteiger partial charge < -0.3 is 4.74 Å². The van der Waals surface area contributed by atoms with Crippen LogP contribution in [-0.2, 0) is 12.3 Å². The van der Waals surface area contributed by atoms with Gasteiger partial charge in [-0.2, -0.15) is 22.0 Å². The van der Waals surface area contributed by atoms with Crippen molar-refractivity contribution in [2.45, 2.75) is 76.5 Å². The predicted octanol–water partition coefficient (Wildman–Crippen LogP) is 12.4. The molecule has 46 heavy (non-hydrogen) atoms. The Labute approximate surface area is 263 Å². The molecule has 1 aliphatic rings. The van der Waals surface area contributed by atoms with Gasteiger partial charge in [0.05, 0.1) is 11.1 Å². The van der Waals surface area contributed by atoms with E-state index in [2.05, 4.69) is 11.7 Å². The first-order valence-corrected chi connectivity index (χ1v) is 15.5. The topological polar surface area (TPSA) is 9.23 Å². The van der Waals surface area contributed by atoms with Crippen LogP contribution in [0.2, 0.25) is 0 Å². The van der Waals surface area contributed by atoms with Gasteiger partial charge in [0.15, 0.2) is 0 Å². The van der Waals surface area contributed by atoms with Crippen LogP contribution in [0.4, 0.5) is 35.1 Å². The SMILES string of the molecule is CCCCCC1CCC(c2ccc(-c3ccc(-c4ccc(C(F)(F)Oc5ccc(C(F)(F)F)cc5)c(F)c4)c(F)c3)c(F)c2)CC1. The van der Waals surface area contributed by atoms with Gasteiger partial charge in [-0.05, 0) is 103 Å². The Balaban J connectivity index is 1.27. The molecule has 0 atom stereocenters. The molecule has 1 saturated carbocycles. The Morgan fingerprint density at radius 2 is 1.24 bits per heavy atom. The lowest BCUT2D eigenvalue weighted by molar-refractivity contribution is -0.187. The minimum atomic E-state index is -4.67. The molecule has 4 aromatic carbocycles. The third-order valence-electron chi connectivity index (χ3n) is 8.83. The van der Waals surface area contributed by atoms with Gasteiger partial charge in [0.25, 0.3) is 0 Å². The zero-order valence-electron chi connectivity index (χ0n) is 25.2. The molecule has 244 valence electrons. The third-order valence-corrected chi connectivity index (χ3v) is 8.83. The van der Waals surface area contributed by atoms with Crippen molar-refractivity contribution in [3.8, 4) is 28.0 Å². The Bertz CT molecular complexity index is 1640. The first-order chi connectivity index (χ1) is 21.9. The quantitative estimate of drug-likeness (QED) is 0.123. The number of alkyl halides is 5. The fraction of sp³-hybridized carbons (Fsp3) is 0.351. The first kappa shape index (κ1) is 33.5. The van der Waals surface area contributed by atoms with Crippen molar-refractivity contribution in [2.75, 3.05) is 0 Å². The van der Waals surface area contributed by atoms with E-state index >= 15 is 8.78 Å². The number of hydrogen-bond acceptors (Lipinski definition) is 1. The lowest BCUT2D eigenvalue weighted by atomic mass is 9.77. The van der Waals surface area contributed by atoms with E-state index in [0.717, 1.165) is 55.4 Å². The number of rotatable bonds is 10. The fourth-order valence-corrected chi connectivity index (χ4v) is 6.24. The van der Waals surface area contributed by atoms with Gasteiger partial charge in [-0.25, -0.2) is 13.2 Å². The fourth-order valence-electron chi connectivity index (χ4n) is 6.24. The van der Waals surface area contributed by atoms with Gasteiger partial charge in [-0.15, -0.1) is 0 Å². The molecular formula is C37H34F8O. The lowest BCUT2D eigenvalue weighted by Gasteiger charge is -2.29. The lowest BCUT2D eigenvalue weighted by Crippen LogP contribution is -2.23. The van der Waals surface area contributed by atoms with Gasteiger partial charge in [-0.1, -0.05) is 62.9 Å². The van der Waals surface area contributed by atoms with Crippen LogP contribution < -0.4 is 4.74 Å². The highest BCUT2D eigenvalue weighted by Gasteiger charge is 2.38.